The van der Waals surface area contributed by atoms with Gasteiger partial charge in [-0.3, -0.25) is 4.68 Å². The van der Waals surface area contributed by atoms with Crippen LogP contribution >= 0.6 is 0 Å². The van der Waals surface area contributed by atoms with Crippen molar-refractivity contribution >= 4 is 0 Å². The van der Waals surface area contributed by atoms with Gasteiger partial charge in [0, 0.05) is 11.6 Å². The van der Waals surface area contributed by atoms with E-state index >= 15 is 0 Å². The van der Waals surface area contributed by atoms with Gasteiger partial charge in [-0.05, 0) is 17.9 Å². The van der Waals surface area contributed by atoms with E-state index in [2.05, 4.69) is 24.2 Å². The zero-order chi connectivity index (χ0) is 17.9. The standard InChI is InChI=1S/C16H21F3N4O/c1-10(2)7-13(20)8-23-9-14(21-22-23)11-3-5-12(6-4-11)15(24)16(17,18)19/h3-6,9-10,13,15,24H,7-8,20H2,1-2H3/t13-,15?/m0/s1. The average Bonchev–Trinajstić information content (AvgIpc) is 2.93. The molecule has 0 saturated heterocycles. The maximum absolute atomic E-state index is 12.5. The molecule has 1 aromatic carbocycles. The van der Waals surface area contributed by atoms with Crippen LogP contribution in [-0.2, 0) is 6.54 Å². The molecule has 2 aromatic rings. The molecule has 0 bridgehead atoms. The Morgan fingerprint density at radius 1 is 1.21 bits per heavy atom. The molecule has 0 amide bonds. The Kier molecular flexibility index (Phi) is 5.61. The molecule has 3 N–H and O–H groups in total. The SMILES string of the molecule is CC(C)C[C@H](N)Cn1cc(-c2ccc(C(O)C(F)(F)F)cc2)nn1. The first kappa shape index (κ1) is 18.4. The maximum atomic E-state index is 12.5. The molecule has 0 saturated carbocycles. The van der Waals surface area contributed by atoms with Crippen molar-refractivity contribution in [3.05, 3.63) is 36.0 Å². The third-order valence-corrected chi connectivity index (χ3v) is 3.57. The van der Waals surface area contributed by atoms with Crippen LogP contribution in [0.25, 0.3) is 11.3 Å². The van der Waals surface area contributed by atoms with Crippen LogP contribution in [0.1, 0.15) is 31.9 Å². The number of benzene rings is 1. The van der Waals surface area contributed by atoms with Crippen molar-refractivity contribution < 1.29 is 18.3 Å². The normalized spacial score (nSPS) is 14.8. The lowest BCUT2D eigenvalue weighted by molar-refractivity contribution is -0.206. The summed E-state index contributed by atoms with van der Waals surface area (Å²) in [6, 6.07) is 5.39. The van der Waals surface area contributed by atoms with Gasteiger partial charge >= 0.3 is 6.18 Å². The van der Waals surface area contributed by atoms with Crippen LogP contribution in [-0.4, -0.2) is 32.3 Å². The van der Waals surface area contributed by atoms with E-state index in [4.69, 9.17) is 5.73 Å². The Balaban J connectivity index is 2.07. The van der Waals surface area contributed by atoms with Gasteiger partial charge in [-0.1, -0.05) is 43.3 Å². The number of halogens is 3. The number of aliphatic hydroxyl groups is 1. The molecule has 0 aliphatic rings. The topological polar surface area (TPSA) is 77.0 Å². The van der Waals surface area contributed by atoms with Crippen molar-refractivity contribution in [1.82, 2.24) is 15.0 Å². The highest BCUT2D eigenvalue weighted by Gasteiger charge is 2.39. The van der Waals surface area contributed by atoms with Gasteiger partial charge in [0.1, 0.15) is 5.69 Å². The smallest absolute Gasteiger partial charge is 0.379 e. The zero-order valence-electron chi connectivity index (χ0n) is 13.5. The molecule has 0 fully saturated rings. The Morgan fingerprint density at radius 2 is 1.83 bits per heavy atom. The van der Waals surface area contributed by atoms with Gasteiger partial charge in [-0.2, -0.15) is 13.2 Å². The number of rotatable bonds is 6. The van der Waals surface area contributed by atoms with Crippen LogP contribution in [0, 0.1) is 5.92 Å². The van der Waals surface area contributed by atoms with Crippen LogP contribution in [0.2, 0.25) is 0 Å². The Labute approximate surface area is 138 Å². The maximum Gasteiger partial charge on any atom is 0.418 e. The summed E-state index contributed by atoms with van der Waals surface area (Å²) >= 11 is 0. The molecule has 2 atom stereocenters. The summed E-state index contributed by atoms with van der Waals surface area (Å²) < 4.78 is 39.1. The highest BCUT2D eigenvalue weighted by atomic mass is 19.4. The fourth-order valence-corrected chi connectivity index (χ4v) is 2.47. The first-order valence-corrected chi connectivity index (χ1v) is 7.67. The largest absolute Gasteiger partial charge is 0.418 e. The van der Waals surface area contributed by atoms with Crippen molar-refractivity contribution in [2.24, 2.45) is 11.7 Å². The predicted molar refractivity (Wildman–Crippen MR) is 83.9 cm³/mol. The third kappa shape index (κ3) is 4.78. The second kappa shape index (κ2) is 7.31. The molecule has 2 rings (SSSR count). The lowest BCUT2D eigenvalue weighted by Gasteiger charge is -2.14. The van der Waals surface area contributed by atoms with E-state index in [1.54, 1.807) is 10.9 Å². The lowest BCUT2D eigenvalue weighted by atomic mass is 10.0. The highest BCUT2D eigenvalue weighted by molar-refractivity contribution is 5.58. The molecule has 5 nitrogen and oxygen atoms in total. The summed E-state index contributed by atoms with van der Waals surface area (Å²) in [6.45, 7) is 4.70. The fourth-order valence-electron chi connectivity index (χ4n) is 2.47. The van der Waals surface area contributed by atoms with E-state index in [9.17, 15) is 18.3 Å². The average molecular weight is 342 g/mol. The molecule has 1 aromatic heterocycles. The van der Waals surface area contributed by atoms with Crippen molar-refractivity contribution in [3.63, 3.8) is 0 Å². The summed E-state index contributed by atoms with van der Waals surface area (Å²) in [7, 11) is 0. The van der Waals surface area contributed by atoms with Gasteiger partial charge in [-0.15, -0.1) is 5.10 Å². The molecule has 24 heavy (non-hydrogen) atoms. The zero-order valence-corrected chi connectivity index (χ0v) is 13.5. The number of alkyl halides is 3. The molecule has 0 spiro atoms. The minimum absolute atomic E-state index is 0.0381. The van der Waals surface area contributed by atoms with Crippen molar-refractivity contribution in [2.75, 3.05) is 0 Å². The summed E-state index contributed by atoms with van der Waals surface area (Å²) in [4.78, 5) is 0. The quantitative estimate of drug-likeness (QED) is 0.846. The van der Waals surface area contributed by atoms with Crippen molar-refractivity contribution in [1.29, 1.82) is 0 Å². The van der Waals surface area contributed by atoms with E-state index in [1.807, 2.05) is 0 Å². The first-order valence-electron chi connectivity index (χ1n) is 7.67. The molecule has 1 heterocycles. The summed E-state index contributed by atoms with van der Waals surface area (Å²) in [5.41, 5.74) is 6.98. The second-order valence-electron chi connectivity index (χ2n) is 6.28. The number of hydrogen-bond donors (Lipinski definition) is 2. The molecule has 0 aliphatic carbocycles. The van der Waals surface area contributed by atoms with Crippen molar-refractivity contribution in [2.45, 2.75) is 45.1 Å². The number of hydrogen-bond acceptors (Lipinski definition) is 4. The minimum Gasteiger partial charge on any atom is -0.379 e. The molecule has 8 heteroatoms. The van der Waals surface area contributed by atoms with Crippen LogP contribution in [0.4, 0.5) is 13.2 Å². The van der Waals surface area contributed by atoms with Crippen molar-refractivity contribution in [3.8, 4) is 11.3 Å². The minimum atomic E-state index is -4.68. The summed E-state index contributed by atoms with van der Waals surface area (Å²) in [5, 5.41) is 17.2. The molecule has 0 radical (unpaired) electrons. The highest BCUT2D eigenvalue weighted by Crippen LogP contribution is 2.33. The van der Waals surface area contributed by atoms with E-state index in [-0.39, 0.29) is 11.6 Å². The predicted octanol–water partition coefficient (Wildman–Crippen LogP) is 2.91. The van der Waals surface area contributed by atoms with Crippen LogP contribution in [0.5, 0.6) is 0 Å². The van der Waals surface area contributed by atoms with Crippen LogP contribution < -0.4 is 5.73 Å². The van der Waals surface area contributed by atoms with Gasteiger partial charge in [0.25, 0.3) is 0 Å². The van der Waals surface area contributed by atoms with Gasteiger partial charge in [0.2, 0.25) is 0 Å². The van der Waals surface area contributed by atoms with E-state index < -0.39 is 12.3 Å². The summed E-state index contributed by atoms with van der Waals surface area (Å²) in [6.07, 6.45) is -4.61. The second-order valence-corrected chi connectivity index (χ2v) is 6.28. The Bertz CT molecular complexity index is 652. The van der Waals surface area contributed by atoms with E-state index in [1.165, 1.54) is 24.3 Å². The first-order chi connectivity index (χ1) is 11.2. The van der Waals surface area contributed by atoms with Gasteiger partial charge in [-0.25, -0.2) is 0 Å². The molecule has 132 valence electrons. The van der Waals surface area contributed by atoms with Crippen LogP contribution in [0.15, 0.2) is 30.5 Å². The monoisotopic (exact) mass is 342 g/mol. The third-order valence-electron chi connectivity index (χ3n) is 3.57. The Hall–Kier alpha value is -1.93. The molecule has 1 unspecified atom stereocenters. The number of nitrogens with zero attached hydrogens (tertiary/aromatic N) is 3. The van der Waals surface area contributed by atoms with Gasteiger partial charge in [0.15, 0.2) is 6.10 Å². The van der Waals surface area contributed by atoms with E-state index in [0.717, 1.165) is 6.42 Å². The molecular weight excluding hydrogens is 321 g/mol. The summed E-state index contributed by atoms with van der Waals surface area (Å²) in [5.74, 6) is 0.482. The number of nitrogens with two attached hydrogens (primary N) is 1. The lowest BCUT2D eigenvalue weighted by Crippen LogP contribution is -2.28. The fraction of sp³-hybridized carbons (Fsp3) is 0.500. The van der Waals surface area contributed by atoms with Gasteiger partial charge < -0.3 is 10.8 Å². The van der Waals surface area contributed by atoms with E-state index in [0.29, 0.717) is 23.7 Å². The van der Waals surface area contributed by atoms with Crippen LogP contribution in [0.3, 0.4) is 0 Å². The number of aliphatic hydroxyl groups excluding tert-OH is 1. The Morgan fingerprint density at radius 3 is 2.38 bits per heavy atom. The molecule has 0 aliphatic heterocycles. The molecular formula is C16H21F3N4O. The number of aromatic nitrogens is 3. The van der Waals surface area contributed by atoms with Gasteiger partial charge in [0.05, 0.1) is 12.7 Å².